The number of amides is 2. The SMILES string of the molecule is COc1ccc(CCNC(=O)NCCOc2c(C)cc(C)cc2C)cc1. The average Bonchev–Trinajstić information content (AvgIpc) is 2.61. The third kappa shape index (κ3) is 5.99. The predicted molar refractivity (Wildman–Crippen MR) is 104 cm³/mol. The molecule has 0 saturated heterocycles. The van der Waals surface area contributed by atoms with Crippen LogP contribution in [0, 0.1) is 20.8 Å². The number of urea groups is 1. The van der Waals surface area contributed by atoms with Gasteiger partial charge in [0.1, 0.15) is 18.1 Å². The van der Waals surface area contributed by atoms with Crippen LogP contribution in [0.2, 0.25) is 0 Å². The van der Waals surface area contributed by atoms with Gasteiger partial charge in [0.15, 0.2) is 0 Å². The predicted octanol–water partition coefficient (Wildman–Crippen LogP) is 3.54. The highest BCUT2D eigenvalue weighted by Crippen LogP contribution is 2.24. The highest BCUT2D eigenvalue weighted by Gasteiger charge is 2.05. The van der Waals surface area contributed by atoms with Gasteiger partial charge in [-0.25, -0.2) is 4.79 Å². The highest BCUT2D eigenvalue weighted by atomic mass is 16.5. The summed E-state index contributed by atoms with van der Waals surface area (Å²) in [5, 5.41) is 5.66. The van der Waals surface area contributed by atoms with Crippen LogP contribution in [0.15, 0.2) is 36.4 Å². The van der Waals surface area contributed by atoms with Gasteiger partial charge in [-0.3, -0.25) is 0 Å². The topological polar surface area (TPSA) is 59.6 Å². The van der Waals surface area contributed by atoms with Crippen LogP contribution in [0.3, 0.4) is 0 Å². The van der Waals surface area contributed by atoms with E-state index in [1.165, 1.54) is 5.56 Å². The molecule has 0 atom stereocenters. The maximum Gasteiger partial charge on any atom is 0.314 e. The number of rotatable bonds is 8. The molecule has 0 heterocycles. The first-order valence-corrected chi connectivity index (χ1v) is 8.85. The van der Waals surface area contributed by atoms with Crippen molar-refractivity contribution < 1.29 is 14.3 Å². The smallest absolute Gasteiger partial charge is 0.314 e. The standard InChI is InChI=1S/C21H28N2O3/c1-15-13-16(2)20(17(3)14-15)26-12-11-23-21(24)22-10-9-18-5-7-19(25-4)8-6-18/h5-8,13-14H,9-12H2,1-4H3,(H2,22,23,24). The normalized spacial score (nSPS) is 10.3. The van der Waals surface area contributed by atoms with Crippen LogP contribution in [0.1, 0.15) is 22.3 Å². The molecule has 0 fully saturated rings. The molecule has 2 rings (SSSR count). The van der Waals surface area contributed by atoms with Crippen LogP contribution in [0.5, 0.6) is 11.5 Å². The molecule has 5 heteroatoms. The minimum Gasteiger partial charge on any atom is -0.497 e. The zero-order valence-electron chi connectivity index (χ0n) is 16.0. The summed E-state index contributed by atoms with van der Waals surface area (Å²) in [5.41, 5.74) is 4.61. The fourth-order valence-electron chi connectivity index (χ4n) is 2.89. The van der Waals surface area contributed by atoms with Gasteiger partial charge in [0.25, 0.3) is 0 Å². The summed E-state index contributed by atoms with van der Waals surface area (Å²) in [6.45, 7) is 7.62. The van der Waals surface area contributed by atoms with E-state index < -0.39 is 0 Å². The molecule has 0 radical (unpaired) electrons. The van der Waals surface area contributed by atoms with E-state index in [0.29, 0.717) is 19.7 Å². The number of nitrogens with one attached hydrogen (secondary N) is 2. The molecule has 140 valence electrons. The van der Waals surface area contributed by atoms with Crippen molar-refractivity contribution in [1.82, 2.24) is 10.6 Å². The summed E-state index contributed by atoms with van der Waals surface area (Å²) >= 11 is 0. The van der Waals surface area contributed by atoms with Crippen LogP contribution in [-0.2, 0) is 6.42 Å². The second-order valence-corrected chi connectivity index (χ2v) is 6.36. The van der Waals surface area contributed by atoms with E-state index in [0.717, 1.165) is 34.6 Å². The van der Waals surface area contributed by atoms with Gasteiger partial charge in [0.05, 0.1) is 13.7 Å². The molecule has 5 nitrogen and oxygen atoms in total. The van der Waals surface area contributed by atoms with Crippen molar-refractivity contribution in [2.24, 2.45) is 0 Å². The second kappa shape index (κ2) is 9.70. The van der Waals surface area contributed by atoms with Crippen LogP contribution in [-0.4, -0.2) is 32.8 Å². The van der Waals surface area contributed by atoms with E-state index >= 15 is 0 Å². The molecule has 0 unspecified atom stereocenters. The summed E-state index contributed by atoms with van der Waals surface area (Å²) in [4.78, 5) is 11.8. The molecular formula is C21H28N2O3. The van der Waals surface area contributed by atoms with Crippen molar-refractivity contribution in [3.05, 3.63) is 58.7 Å². The van der Waals surface area contributed by atoms with E-state index in [-0.39, 0.29) is 6.03 Å². The number of carbonyl (C=O) groups excluding carboxylic acids is 1. The summed E-state index contributed by atoms with van der Waals surface area (Å²) < 4.78 is 10.9. The van der Waals surface area contributed by atoms with Gasteiger partial charge in [-0.2, -0.15) is 0 Å². The molecule has 0 aliphatic carbocycles. The summed E-state index contributed by atoms with van der Waals surface area (Å²) in [5.74, 6) is 1.73. The molecule has 0 aliphatic rings. The average molecular weight is 356 g/mol. The number of methoxy groups -OCH3 is 1. The van der Waals surface area contributed by atoms with Crippen LogP contribution < -0.4 is 20.1 Å². The molecule has 0 bridgehead atoms. The lowest BCUT2D eigenvalue weighted by molar-refractivity contribution is 0.236. The second-order valence-electron chi connectivity index (χ2n) is 6.36. The maximum atomic E-state index is 11.8. The Hall–Kier alpha value is -2.69. The van der Waals surface area contributed by atoms with E-state index in [9.17, 15) is 4.79 Å². The molecule has 0 aliphatic heterocycles. The van der Waals surface area contributed by atoms with Gasteiger partial charge >= 0.3 is 6.03 Å². The fourth-order valence-corrected chi connectivity index (χ4v) is 2.89. The lowest BCUT2D eigenvalue weighted by Gasteiger charge is -2.13. The first kappa shape index (κ1) is 19.6. The van der Waals surface area contributed by atoms with Gasteiger partial charge in [-0.1, -0.05) is 29.8 Å². The Labute approximate surface area is 155 Å². The molecule has 0 saturated carbocycles. The Bertz CT molecular complexity index is 704. The minimum absolute atomic E-state index is 0.181. The lowest BCUT2D eigenvalue weighted by Crippen LogP contribution is -2.38. The molecular weight excluding hydrogens is 328 g/mol. The number of benzene rings is 2. The zero-order chi connectivity index (χ0) is 18.9. The van der Waals surface area contributed by atoms with Crippen molar-refractivity contribution in [1.29, 1.82) is 0 Å². The Morgan fingerprint density at radius 2 is 1.58 bits per heavy atom. The third-order valence-corrected chi connectivity index (χ3v) is 4.10. The van der Waals surface area contributed by atoms with Crippen molar-refractivity contribution in [3.63, 3.8) is 0 Å². The fraction of sp³-hybridized carbons (Fsp3) is 0.381. The number of ether oxygens (including phenoxy) is 2. The Morgan fingerprint density at radius 1 is 0.962 bits per heavy atom. The van der Waals surface area contributed by atoms with Gasteiger partial charge in [-0.15, -0.1) is 0 Å². The number of hydrogen-bond acceptors (Lipinski definition) is 3. The Kier molecular flexibility index (Phi) is 7.33. The first-order valence-electron chi connectivity index (χ1n) is 8.85. The van der Waals surface area contributed by atoms with Crippen molar-refractivity contribution >= 4 is 6.03 Å². The van der Waals surface area contributed by atoms with Crippen molar-refractivity contribution in [2.45, 2.75) is 27.2 Å². The van der Waals surface area contributed by atoms with E-state index in [2.05, 4.69) is 29.7 Å². The maximum absolute atomic E-state index is 11.8. The highest BCUT2D eigenvalue weighted by molar-refractivity contribution is 5.73. The van der Waals surface area contributed by atoms with Crippen molar-refractivity contribution in [3.8, 4) is 11.5 Å². The number of hydrogen-bond donors (Lipinski definition) is 2. The molecule has 2 amide bonds. The van der Waals surface area contributed by atoms with E-state index in [1.54, 1.807) is 7.11 Å². The van der Waals surface area contributed by atoms with Gasteiger partial charge < -0.3 is 20.1 Å². The largest absolute Gasteiger partial charge is 0.497 e. The van der Waals surface area contributed by atoms with E-state index in [1.807, 2.05) is 38.1 Å². The molecule has 0 aromatic heterocycles. The molecule has 2 aromatic rings. The lowest BCUT2D eigenvalue weighted by atomic mass is 10.1. The van der Waals surface area contributed by atoms with Crippen LogP contribution >= 0.6 is 0 Å². The van der Waals surface area contributed by atoms with Crippen LogP contribution in [0.4, 0.5) is 4.79 Å². The molecule has 2 N–H and O–H groups in total. The quantitative estimate of drug-likeness (QED) is 0.711. The molecule has 2 aromatic carbocycles. The minimum atomic E-state index is -0.181. The van der Waals surface area contributed by atoms with Crippen LogP contribution in [0.25, 0.3) is 0 Å². The van der Waals surface area contributed by atoms with Gasteiger partial charge in [-0.05, 0) is 56.0 Å². The first-order chi connectivity index (χ1) is 12.5. The summed E-state index contributed by atoms with van der Waals surface area (Å²) in [7, 11) is 1.64. The Balaban J connectivity index is 1.64. The zero-order valence-corrected chi connectivity index (χ0v) is 16.0. The van der Waals surface area contributed by atoms with Gasteiger partial charge in [0, 0.05) is 6.54 Å². The monoisotopic (exact) mass is 356 g/mol. The van der Waals surface area contributed by atoms with E-state index in [4.69, 9.17) is 9.47 Å². The van der Waals surface area contributed by atoms with Gasteiger partial charge in [0.2, 0.25) is 0 Å². The number of aryl methyl sites for hydroxylation is 3. The summed E-state index contributed by atoms with van der Waals surface area (Å²) in [6, 6.07) is 11.9. The van der Waals surface area contributed by atoms with Crippen molar-refractivity contribution in [2.75, 3.05) is 26.8 Å². The third-order valence-electron chi connectivity index (χ3n) is 4.10. The molecule has 0 spiro atoms. The molecule has 26 heavy (non-hydrogen) atoms. The number of carbonyl (C=O) groups is 1. The Morgan fingerprint density at radius 3 is 2.19 bits per heavy atom. The summed E-state index contributed by atoms with van der Waals surface area (Å²) in [6.07, 6.45) is 0.773.